The van der Waals surface area contributed by atoms with Gasteiger partial charge in [-0.05, 0) is 127 Å². The topological polar surface area (TPSA) is 9.23 Å². The standard InChI is InChI=1S/C41H39OP2.C5H5.Fe/c1-29-23-30(2)26-35(25-29)44(36-27-31(3)24-32(4)28-36)40-22-14-20-38(40)41(42-5)37-19-12-13-21-39(37)43(33-15-8-6-9-16-33)34-17-10-7-11-18-34;1-2-4-5-3-1;/h6-28,41H,1-5H3;1-5H;/q;;+2/t41-;;/m0../s1. The molecule has 10 radical (unpaired) electrons. The zero-order valence-corrected chi connectivity index (χ0v) is 32.3. The van der Waals surface area contributed by atoms with E-state index in [4.69, 9.17) is 4.74 Å². The second-order valence-electron chi connectivity index (χ2n) is 12.5. The fourth-order valence-corrected chi connectivity index (χ4v) is 12.0. The molecule has 250 valence electrons. The van der Waals surface area contributed by atoms with Crippen molar-refractivity contribution in [3.63, 3.8) is 0 Å². The Bertz CT molecular complexity index is 1650. The van der Waals surface area contributed by atoms with Crippen molar-refractivity contribution >= 4 is 42.4 Å². The second kappa shape index (κ2) is 18.8. The second-order valence-corrected chi connectivity index (χ2v) is 16.9. The average molecular weight is 731 g/mol. The van der Waals surface area contributed by atoms with Crippen LogP contribution in [0, 0.1) is 90.6 Å². The van der Waals surface area contributed by atoms with Crippen molar-refractivity contribution in [2.24, 2.45) is 0 Å². The van der Waals surface area contributed by atoms with E-state index >= 15 is 0 Å². The van der Waals surface area contributed by atoms with Gasteiger partial charge >= 0.3 is 17.1 Å². The van der Waals surface area contributed by atoms with Crippen LogP contribution < -0.4 is 26.5 Å². The molecule has 1 atom stereocenters. The van der Waals surface area contributed by atoms with Crippen molar-refractivity contribution in [2.45, 2.75) is 33.8 Å². The molecule has 2 aliphatic carbocycles. The first-order valence-corrected chi connectivity index (χ1v) is 19.5. The summed E-state index contributed by atoms with van der Waals surface area (Å²) < 4.78 is 6.52. The Labute approximate surface area is 315 Å². The fraction of sp³-hybridized carbons (Fsp3) is 0.130. The van der Waals surface area contributed by atoms with E-state index in [1.165, 1.54) is 65.9 Å². The zero-order chi connectivity index (χ0) is 34.2. The average Bonchev–Trinajstić information content (AvgIpc) is 3.83. The number of aryl methyl sites for hydroxylation is 4. The molecule has 1 nitrogen and oxygen atoms in total. The van der Waals surface area contributed by atoms with Crippen molar-refractivity contribution in [1.82, 2.24) is 0 Å². The number of rotatable bonds is 9. The van der Waals surface area contributed by atoms with Gasteiger partial charge in [-0.3, -0.25) is 0 Å². The van der Waals surface area contributed by atoms with E-state index in [0.717, 1.165) is 0 Å². The van der Waals surface area contributed by atoms with E-state index in [1.54, 1.807) is 0 Å². The normalized spacial score (nSPS) is 15.5. The Morgan fingerprint density at radius 3 is 1.36 bits per heavy atom. The number of ether oxygens (including phenoxy) is 1. The minimum Gasteiger partial charge on any atom is -0.376 e. The van der Waals surface area contributed by atoms with Crippen LogP contribution in [0.2, 0.25) is 0 Å². The van der Waals surface area contributed by atoms with Gasteiger partial charge in [-0.25, -0.2) is 0 Å². The Morgan fingerprint density at radius 2 is 0.900 bits per heavy atom. The third-order valence-electron chi connectivity index (χ3n) is 8.56. The molecular weight excluding hydrogens is 686 g/mol. The summed E-state index contributed by atoms with van der Waals surface area (Å²) in [5.41, 5.74) is 7.80. The Balaban J connectivity index is 0.000000745. The molecule has 2 saturated carbocycles. The third-order valence-corrected chi connectivity index (χ3v) is 13.5. The van der Waals surface area contributed by atoms with Crippen molar-refractivity contribution in [1.29, 1.82) is 0 Å². The molecule has 5 aromatic carbocycles. The van der Waals surface area contributed by atoms with Gasteiger partial charge in [0, 0.05) is 18.7 Å². The van der Waals surface area contributed by atoms with E-state index in [0.29, 0.717) is 0 Å². The number of methoxy groups -OCH3 is 1. The molecule has 4 heteroatoms. The summed E-state index contributed by atoms with van der Waals surface area (Å²) in [6.07, 6.45) is 16.6. The minimum atomic E-state index is -0.810. The molecule has 7 rings (SSSR count). The van der Waals surface area contributed by atoms with Crippen LogP contribution in [0.3, 0.4) is 0 Å². The smallest absolute Gasteiger partial charge is 0.376 e. The van der Waals surface area contributed by atoms with Crippen LogP contribution in [-0.4, -0.2) is 7.11 Å². The monoisotopic (exact) mass is 730 g/mol. The summed E-state index contributed by atoms with van der Waals surface area (Å²) in [7, 11) is 0.267. The first kappa shape index (κ1) is 38.7. The van der Waals surface area contributed by atoms with Crippen molar-refractivity contribution < 1.29 is 21.8 Å². The van der Waals surface area contributed by atoms with Crippen molar-refractivity contribution in [2.75, 3.05) is 7.11 Å². The van der Waals surface area contributed by atoms with E-state index < -0.39 is 15.8 Å². The maximum Gasteiger partial charge on any atom is 2.00 e. The van der Waals surface area contributed by atoms with Gasteiger partial charge in [0.25, 0.3) is 0 Å². The molecule has 0 spiro atoms. The molecule has 0 amide bonds. The summed E-state index contributed by atoms with van der Waals surface area (Å²) >= 11 is 0. The van der Waals surface area contributed by atoms with Gasteiger partial charge in [0.05, 0.1) is 6.10 Å². The Hall–Kier alpha value is -2.56. The Morgan fingerprint density at radius 1 is 0.460 bits per heavy atom. The summed E-state index contributed by atoms with van der Waals surface area (Å²) in [6.45, 7) is 8.84. The van der Waals surface area contributed by atoms with Gasteiger partial charge in [-0.15, -0.1) is 0 Å². The van der Waals surface area contributed by atoms with E-state index in [1.807, 2.05) is 39.2 Å². The Kier molecular flexibility index (Phi) is 14.5. The SMILES string of the molecule is CO[C@H]([C]1[CH][CH][CH][C]1P(c1cc(C)cc(C)c1)c1cc(C)cc(C)c1)c1ccccc1P(c1ccccc1)c1ccccc1.[CH]1[CH][CH][CH][CH]1.[Fe+2]. The molecule has 0 aromatic heterocycles. The summed E-state index contributed by atoms with van der Waals surface area (Å²) in [5.74, 6) is 1.25. The van der Waals surface area contributed by atoms with Crippen LogP contribution in [0.5, 0.6) is 0 Å². The van der Waals surface area contributed by atoms with E-state index in [2.05, 4.69) is 168 Å². The zero-order valence-electron chi connectivity index (χ0n) is 29.4. The van der Waals surface area contributed by atoms with Gasteiger partial charge in [-0.1, -0.05) is 144 Å². The van der Waals surface area contributed by atoms with Crippen molar-refractivity contribution in [3.8, 4) is 0 Å². The predicted molar refractivity (Wildman–Crippen MR) is 214 cm³/mol. The minimum absolute atomic E-state index is 0. The molecular formula is C46H44FeOP2+2. The quantitative estimate of drug-likeness (QED) is 0.109. The molecule has 0 aliphatic heterocycles. The van der Waals surface area contributed by atoms with Gasteiger partial charge < -0.3 is 4.74 Å². The van der Waals surface area contributed by atoms with Gasteiger partial charge in [0.15, 0.2) is 0 Å². The number of hydrogen-bond donors (Lipinski definition) is 0. The van der Waals surface area contributed by atoms with Crippen LogP contribution in [0.15, 0.2) is 121 Å². The summed E-state index contributed by atoms with van der Waals surface area (Å²) in [6, 6.07) is 44.9. The summed E-state index contributed by atoms with van der Waals surface area (Å²) in [5, 5.41) is 6.78. The molecule has 0 unspecified atom stereocenters. The predicted octanol–water partition coefficient (Wildman–Crippen LogP) is 9.25. The fourth-order valence-electron chi connectivity index (χ4n) is 6.67. The maximum absolute atomic E-state index is 6.52. The van der Waals surface area contributed by atoms with Crippen LogP contribution in [0.25, 0.3) is 0 Å². The van der Waals surface area contributed by atoms with Crippen LogP contribution in [-0.2, 0) is 21.8 Å². The van der Waals surface area contributed by atoms with Gasteiger partial charge in [0.2, 0.25) is 0 Å². The van der Waals surface area contributed by atoms with Crippen LogP contribution in [0.4, 0.5) is 0 Å². The van der Waals surface area contributed by atoms with E-state index in [9.17, 15) is 0 Å². The molecule has 5 aromatic rings. The van der Waals surface area contributed by atoms with Crippen molar-refractivity contribution in [3.05, 3.63) is 212 Å². The van der Waals surface area contributed by atoms with E-state index in [-0.39, 0.29) is 23.2 Å². The van der Waals surface area contributed by atoms with Gasteiger partial charge in [-0.2, -0.15) is 0 Å². The van der Waals surface area contributed by atoms with Crippen LogP contribution >= 0.6 is 15.8 Å². The van der Waals surface area contributed by atoms with Crippen LogP contribution in [0.1, 0.15) is 33.9 Å². The molecule has 50 heavy (non-hydrogen) atoms. The number of benzene rings is 5. The first-order valence-electron chi connectivity index (χ1n) is 16.8. The molecule has 0 saturated heterocycles. The maximum atomic E-state index is 6.52. The molecule has 2 fully saturated rings. The molecule has 0 heterocycles. The molecule has 0 N–H and O–H groups in total. The third kappa shape index (κ3) is 9.45. The first-order chi connectivity index (χ1) is 23.9. The molecule has 2 aliphatic rings. The van der Waals surface area contributed by atoms with Gasteiger partial charge in [0.1, 0.15) is 0 Å². The number of hydrogen-bond acceptors (Lipinski definition) is 1. The largest absolute Gasteiger partial charge is 2.00 e. The summed E-state index contributed by atoms with van der Waals surface area (Å²) in [4.78, 5) is 0. The molecule has 0 bridgehead atoms.